The van der Waals surface area contributed by atoms with Crippen molar-refractivity contribution in [1.29, 1.82) is 0 Å². The number of hydrogen-bond acceptors (Lipinski definition) is 3. The van der Waals surface area contributed by atoms with E-state index < -0.39 is 5.60 Å². The Bertz CT molecular complexity index is 325. The molecule has 0 aromatic carbocycles. The summed E-state index contributed by atoms with van der Waals surface area (Å²) in [5.41, 5.74) is -0.416. The number of carbonyl (C=O) groups excluding carboxylic acids is 1. The molecule has 4 atom stereocenters. The van der Waals surface area contributed by atoms with Gasteiger partial charge in [-0.2, -0.15) is 0 Å². The Morgan fingerprint density at radius 1 is 1.26 bits per heavy atom. The lowest BCUT2D eigenvalue weighted by molar-refractivity contribution is 0.0517. The van der Waals surface area contributed by atoms with Gasteiger partial charge in [-0.05, 0) is 51.9 Å². The molecule has 4 unspecified atom stereocenters. The molecule has 0 saturated heterocycles. The lowest BCUT2D eigenvalue weighted by atomic mass is 10.0. The molecule has 0 spiro atoms. The van der Waals surface area contributed by atoms with Gasteiger partial charge in [-0.1, -0.05) is 13.3 Å². The summed E-state index contributed by atoms with van der Waals surface area (Å²) in [4.78, 5) is 11.7. The molecule has 2 fully saturated rings. The molecule has 0 bridgehead atoms. The monoisotopic (exact) mass is 268 g/mol. The Labute approximate surface area is 116 Å². The minimum Gasteiger partial charge on any atom is -0.444 e. The maximum atomic E-state index is 11.7. The fraction of sp³-hybridized carbons (Fsp3) is 0.933. The van der Waals surface area contributed by atoms with E-state index in [-0.39, 0.29) is 6.09 Å². The molecular weight excluding hydrogens is 240 g/mol. The van der Waals surface area contributed by atoms with Gasteiger partial charge in [0.25, 0.3) is 0 Å². The summed E-state index contributed by atoms with van der Waals surface area (Å²) >= 11 is 0. The largest absolute Gasteiger partial charge is 0.444 e. The van der Waals surface area contributed by atoms with Crippen LogP contribution in [-0.2, 0) is 4.74 Å². The standard InChI is InChI=1S/C15H28N2O2/c1-10-8-13(10)17-12-7-5-6-11(12)9-16-14(18)19-15(2,3)4/h10-13,17H,5-9H2,1-4H3,(H,16,18). The third kappa shape index (κ3) is 4.68. The normalized spacial score (nSPS) is 34.1. The molecule has 4 heteroatoms. The summed E-state index contributed by atoms with van der Waals surface area (Å²) in [5, 5.41) is 6.65. The van der Waals surface area contributed by atoms with E-state index in [0.29, 0.717) is 18.0 Å². The minimum absolute atomic E-state index is 0.294. The van der Waals surface area contributed by atoms with Crippen molar-refractivity contribution in [2.24, 2.45) is 11.8 Å². The summed E-state index contributed by atoms with van der Waals surface area (Å²) in [6.07, 6.45) is 4.72. The van der Waals surface area contributed by atoms with Crippen LogP contribution in [0.4, 0.5) is 4.79 Å². The quantitative estimate of drug-likeness (QED) is 0.824. The van der Waals surface area contributed by atoms with Crippen molar-refractivity contribution in [3.63, 3.8) is 0 Å². The molecule has 0 heterocycles. The van der Waals surface area contributed by atoms with E-state index in [2.05, 4.69) is 17.6 Å². The summed E-state index contributed by atoms with van der Waals surface area (Å²) in [7, 11) is 0. The molecule has 0 aliphatic heterocycles. The summed E-state index contributed by atoms with van der Waals surface area (Å²) in [6.45, 7) is 8.69. The molecular formula is C15H28N2O2. The van der Waals surface area contributed by atoms with Gasteiger partial charge in [0.1, 0.15) is 5.60 Å². The van der Waals surface area contributed by atoms with Crippen LogP contribution in [0.15, 0.2) is 0 Å². The average molecular weight is 268 g/mol. The fourth-order valence-electron chi connectivity index (χ4n) is 2.86. The number of rotatable bonds is 4. The van der Waals surface area contributed by atoms with E-state index in [0.717, 1.165) is 12.5 Å². The van der Waals surface area contributed by atoms with Crippen LogP contribution in [0.25, 0.3) is 0 Å². The maximum Gasteiger partial charge on any atom is 0.407 e. The fourth-order valence-corrected chi connectivity index (χ4v) is 2.86. The van der Waals surface area contributed by atoms with Gasteiger partial charge >= 0.3 is 6.09 Å². The van der Waals surface area contributed by atoms with Gasteiger partial charge in [-0.3, -0.25) is 0 Å². The lowest BCUT2D eigenvalue weighted by Gasteiger charge is -2.23. The summed E-state index contributed by atoms with van der Waals surface area (Å²) in [6, 6.07) is 1.29. The first-order valence-corrected chi connectivity index (χ1v) is 7.58. The van der Waals surface area contributed by atoms with Crippen LogP contribution in [0.5, 0.6) is 0 Å². The van der Waals surface area contributed by atoms with E-state index >= 15 is 0 Å². The van der Waals surface area contributed by atoms with Crippen LogP contribution in [0.3, 0.4) is 0 Å². The van der Waals surface area contributed by atoms with Gasteiger partial charge in [0.05, 0.1) is 0 Å². The van der Waals surface area contributed by atoms with Crippen LogP contribution in [0, 0.1) is 11.8 Å². The van der Waals surface area contributed by atoms with Crippen LogP contribution >= 0.6 is 0 Å². The highest BCUT2D eigenvalue weighted by atomic mass is 16.6. The second-order valence-corrected chi connectivity index (χ2v) is 7.17. The van der Waals surface area contributed by atoms with Crippen LogP contribution < -0.4 is 10.6 Å². The Balaban J connectivity index is 1.70. The summed E-state index contributed by atoms with van der Waals surface area (Å²) < 4.78 is 5.27. The maximum absolute atomic E-state index is 11.7. The molecule has 19 heavy (non-hydrogen) atoms. The van der Waals surface area contributed by atoms with Crippen molar-refractivity contribution >= 4 is 6.09 Å². The average Bonchev–Trinajstić information content (AvgIpc) is 2.79. The van der Waals surface area contributed by atoms with Crippen molar-refractivity contribution in [2.75, 3.05) is 6.54 Å². The zero-order valence-electron chi connectivity index (χ0n) is 12.7. The van der Waals surface area contributed by atoms with Gasteiger partial charge in [-0.15, -0.1) is 0 Å². The lowest BCUT2D eigenvalue weighted by Crippen LogP contribution is -2.41. The molecule has 1 amide bonds. The predicted octanol–water partition coefficient (Wildman–Crippen LogP) is 2.68. The van der Waals surface area contributed by atoms with Crippen molar-refractivity contribution in [3.05, 3.63) is 0 Å². The molecule has 0 radical (unpaired) electrons. The molecule has 2 aliphatic carbocycles. The Kier molecular flexibility index (Phi) is 4.39. The Morgan fingerprint density at radius 3 is 2.53 bits per heavy atom. The highest BCUT2D eigenvalue weighted by Crippen LogP contribution is 2.33. The third-order valence-electron chi connectivity index (χ3n) is 4.10. The second kappa shape index (κ2) is 5.70. The van der Waals surface area contributed by atoms with Gasteiger partial charge in [-0.25, -0.2) is 4.79 Å². The second-order valence-electron chi connectivity index (χ2n) is 7.17. The zero-order valence-corrected chi connectivity index (χ0v) is 12.7. The highest BCUT2D eigenvalue weighted by Gasteiger charge is 2.37. The molecule has 2 N–H and O–H groups in total. The number of nitrogens with one attached hydrogen (secondary N) is 2. The van der Waals surface area contributed by atoms with Gasteiger partial charge in [0.2, 0.25) is 0 Å². The van der Waals surface area contributed by atoms with Crippen molar-refractivity contribution in [1.82, 2.24) is 10.6 Å². The Morgan fingerprint density at radius 2 is 1.95 bits per heavy atom. The third-order valence-corrected chi connectivity index (χ3v) is 4.10. The van der Waals surface area contributed by atoms with Crippen LogP contribution in [-0.4, -0.2) is 30.3 Å². The Hall–Kier alpha value is -0.770. The van der Waals surface area contributed by atoms with Crippen molar-refractivity contribution < 1.29 is 9.53 Å². The molecule has 0 aromatic heterocycles. The minimum atomic E-state index is -0.416. The number of carbonyl (C=O) groups is 1. The van der Waals surface area contributed by atoms with Gasteiger partial charge in [0.15, 0.2) is 0 Å². The highest BCUT2D eigenvalue weighted by molar-refractivity contribution is 5.67. The number of alkyl carbamates (subject to hydrolysis) is 1. The predicted molar refractivity (Wildman–Crippen MR) is 76.1 cm³/mol. The van der Waals surface area contributed by atoms with Crippen LogP contribution in [0.1, 0.15) is 53.4 Å². The molecule has 2 saturated carbocycles. The van der Waals surface area contributed by atoms with E-state index in [9.17, 15) is 4.79 Å². The zero-order chi connectivity index (χ0) is 14.0. The smallest absolute Gasteiger partial charge is 0.407 e. The number of ether oxygens (including phenoxy) is 1. The molecule has 2 aliphatic rings. The molecule has 110 valence electrons. The van der Waals surface area contributed by atoms with Gasteiger partial charge < -0.3 is 15.4 Å². The molecule has 0 aromatic rings. The van der Waals surface area contributed by atoms with Crippen LogP contribution in [0.2, 0.25) is 0 Å². The van der Waals surface area contributed by atoms with E-state index in [1.165, 1.54) is 25.7 Å². The van der Waals surface area contributed by atoms with E-state index in [4.69, 9.17) is 4.74 Å². The number of amides is 1. The van der Waals surface area contributed by atoms with E-state index in [1.54, 1.807) is 0 Å². The van der Waals surface area contributed by atoms with Crippen molar-refractivity contribution in [3.8, 4) is 0 Å². The van der Waals surface area contributed by atoms with E-state index in [1.807, 2.05) is 20.8 Å². The molecule has 2 rings (SSSR count). The SMILES string of the molecule is CC1CC1NC1CCCC1CNC(=O)OC(C)(C)C. The molecule has 4 nitrogen and oxygen atoms in total. The van der Waals surface area contributed by atoms with Gasteiger partial charge in [0, 0.05) is 18.6 Å². The first-order valence-electron chi connectivity index (χ1n) is 7.58. The summed E-state index contributed by atoms with van der Waals surface area (Å²) in [5.74, 6) is 1.39. The topological polar surface area (TPSA) is 50.4 Å². The first-order chi connectivity index (χ1) is 8.85. The number of hydrogen-bond donors (Lipinski definition) is 2. The van der Waals surface area contributed by atoms with Crippen molar-refractivity contribution in [2.45, 2.75) is 71.1 Å². The first kappa shape index (κ1) is 14.6.